The molecule has 32 heavy (non-hydrogen) atoms. The zero-order chi connectivity index (χ0) is 22.6. The number of likely N-dealkylation sites (N-methyl/N-ethyl adjacent to an activating group) is 1. The van der Waals surface area contributed by atoms with Crippen LogP contribution in [0.3, 0.4) is 0 Å². The van der Waals surface area contributed by atoms with Gasteiger partial charge in [-0.1, -0.05) is 13.3 Å². The first-order valence-corrected chi connectivity index (χ1v) is 13.2. The average molecular weight is 462 g/mol. The molecule has 9 heteroatoms. The first-order valence-electron chi connectivity index (χ1n) is 11.8. The first-order chi connectivity index (χ1) is 15.5. The second kappa shape index (κ2) is 10.3. The molecule has 0 atom stereocenters. The van der Waals surface area contributed by atoms with Crippen LogP contribution in [0.25, 0.3) is 10.9 Å². The molecule has 1 aromatic carbocycles. The standard InChI is InChI=1S/C23H35N5O3S/c1-2-25-14-16-26(17-15-25)13-9-24-23(29)19-27-12-8-20-18-21(6-7-22(20)27)32(30,31)28-10-4-3-5-11-28/h6-8,12,18H,2-5,9-11,13-17,19H2,1H3,(H,24,29). The van der Waals surface area contributed by atoms with Crippen LogP contribution in [0.4, 0.5) is 0 Å². The van der Waals surface area contributed by atoms with Gasteiger partial charge in [-0.05, 0) is 43.7 Å². The summed E-state index contributed by atoms with van der Waals surface area (Å²) in [6.45, 7) is 10.5. The third-order valence-corrected chi connectivity index (χ3v) is 8.57. The summed E-state index contributed by atoms with van der Waals surface area (Å²) in [5.74, 6) is -0.0280. The average Bonchev–Trinajstić information content (AvgIpc) is 3.22. The Morgan fingerprint density at radius 2 is 1.69 bits per heavy atom. The number of fused-ring (bicyclic) bond motifs is 1. The van der Waals surface area contributed by atoms with Gasteiger partial charge in [0.15, 0.2) is 0 Å². The van der Waals surface area contributed by atoms with Gasteiger partial charge >= 0.3 is 0 Å². The molecule has 176 valence electrons. The molecule has 0 saturated carbocycles. The molecule has 0 bridgehead atoms. The van der Waals surface area contributed by atoms with Crippen molar-refractivity contribution in [1.29, 1.82) is 0 Å². The fourth-order valence-corrected chi connectivity index (χ4v) is 6.18. The zero-order valence-corrected chi connectivity index (χ0v) is 19.8. The second-order valence-corrected chi connectivity index (χ2v) is 10.7. The highest BCUT2D eigenvalue weighted by atomic mass is 32.2. The van der Waals surface area contributed by atoms with E-state index in [-0.39, 0.29) is 12.5 Å². The lowest BCUT2D eigenvalue weighted by atomic mass is 10.2. The fraction of sp³-hybridized carbons (Fsp3) is 0.609. The van der Waals surface area contributed by atoms with Crippen molar-refractivity contribution in [2.24, 2.45) is 0 Å². The second-order valence-electron chi connectivity index (χ2n) is 8.75. The minimum Gasteiger partial charge on any atom is -0.353 e. The lowest BCUT2D eigenvalue weighted by Gasteiger charge is -2.33. The van der Waals surface area contributed by atoms with Gasteiger partial charge in [-0.15, -0.1) is 0 Å². The number of amides is 1. The Morgan fingerprint density at radius 1 is 0.969 bits per heavy atom. The van der Waals surface area contributed by atoms with Crippen molar-refractivity contribution in [1.82, 2.24) is 24.0 Å². The summed E-state index contributed by atoms with van der Waals surface area (Å²) in [5, 5.41) is 3.86. The number of sulfonamides is 1. The van der Waals surface area contributed by atoms with Crippen molar-refractivity contribution in [2.45, 2.75) is 37.6 Å². The van der Waals surface area contributed by atoms with Gasteiger partial charge in [0.05, 0.1) is 4.90 Å². The summed E-state index contributed by atoms with van der Waals surface area (Å²) >= 11 is 0. The summed E-state index contributed by atoms with van der Waals surface area (Å²) in [6.07, 6.45) is 4.78. The van der Waals surface area contributed by atoms with Crippen LogP contribution in [-0.4, -0.2) is 91.9 Å². The van der Waals surface area contributed by atoms with E-state index in [2.05, 4.69) is 22.0 Å². The van der Waals surface area contributed by atoms with Crippen LogP contribution in [0, 0.1) is 0 Å². The van der Waals surface area contributed by atoms with Crippen LogP contribution in [-0.2, 0) is 21.4 Å². The topological polar surface area (TPSA) is 77.9 Å². The maximum absolute atomic E-state index is 12.9. The number of rotatable bonds is 8. The van der Waals surface area contributed by atoms with Crippen molar-refractivity contribution in [3.05, 3.63) is 30.5 Å². The summed E-state index contributed by atoms with van der Waals surface area (Å²) < 4.78 is 29.4. The van der Waals surface area contributed by atoms with Crippen LogP contribution >= 0.6 is 0 Å². The maximum atomic E-state index is 12.9. The number of piperidine rings is 1. The first kappa shape index (κ1) is 23.2. The Balaban J connectivity index is 1.32. The van der Waals surface area contributed by atoms with E-state index in [0.29, 0.717) is 24.5 Å². The van der Waals surface area contributed by atoms with E-state index < -0.39 is 10.0 Å². The van der Waals surface area contributed by atoms with E-state index in [0.717, 1.165) is 69.4 Å². The maximum Gasteiger partial charge on any atom is 0.243 e. The van der Waals surface area contributed by atoms with Crippen LogP contribution in [0.1, 0.15) is 26.2 Å². The number of nitrogens with one attached hydrogen (secondary N) is 1. The predicted molar refractivity (Wildman–Crippen MR) is 126 cm³/mol. The lowest BCUT2D eigenvalue weighted by molar-refractivity contribution is -0.121. The summed E-state index contributed by atoms with van der Waals surface area (Å²) in [5.41, 5.74) is 0.869. The Hall–Kier alpha value is -1.94. The molecule has 1 amide bonds. The molecular weight excluding hydrogens is 426 g/mol. The Kier molecular flexibility index (Phi) is 7.50. The third-order valence-electron chi connectivity index (χ3n) is 6.67. The van der Waals surface area contributed by atoms with Crippen LogP contribution < -0.4 is 5.32 Å². The minimum absolute atomic E-state index is 0.0280. The Labute approximate surface area is 191 Å². The number of carbonyl (C=O) groups excluding carboxylic acids is 1. The van der Waals surface area contributed by atoms with E-state index in [1.807, 2.05) is 22.9 Å². The monoisotopic (exact) mass is 461 g/mol. The van der Waals surface area contributed by atoms with Gasteiger partial charge in [0.25, 0.3) is 0 Å². The van der Waals surface area contributed by atoms with Crippen molar-refractivity contribution in [2.75, 3.05) is 58.9 Å². The van der Waals surface area contributed by atoms with Gasteiger partial charge in [-0.25, -0.2) is 8.42 Å². The quantitative estimate of drug-likeness (QED) is 0.646. The smallest absolute Gasteiger partial charge is 0.243 e. The fourth-order valence-electron chi connectivity index (χ4n) is 4.62. The number of aromatic nitrogens is 1. The van der Waals surface area contributed by atoms with E-state index in [9.17, 15) is 13.2 Å². The van der Waals surface area contributed by atoms with E-state index in [1.54, 1.807) is 16.4 Å². The SMILES string of the molecule is CCN1CCN(CCNC(=O)Cn2ccc3cc(S(=O)(=O)N4CCCCC4)ccc32)CC1. The van der Waals surface area contributed by atoms with E-state index in [1.165, 1.54) is 0 Å². The van der Waals surface area contributed by atoms with Gasteiger partial charge in [0.1, 0.15) is 6.54 Å². The highest BCUT2D eigenvalue weighted by molar-refractivity contribution is 7.89. The van der Waals surface area contributed by atoms with E-state index >= 15 is 0 Å². The molecule has 2 fully saturated rings. The number of benzene rings is 1. The normalized spacial score (nSPS) is 19.4. The number of nitrogens with zero attached hydrogens (tertiary/aromatic N) is 4. The van der Waals surface area contributed by atoms with Crippen molar-refractivity contribution in [3.8, 4) is 0 Å². The summed E-state index contributed by atoms with van der Waals surface area (Å²) in [6, 6.07) is 7.08. The molecule has 4 rings (SSSR count). The number of hydrogen-bond acceptors (Lipinski definition) is 5. The molecule has 2 aliphatic heterocycles. The largest absolute Gasteiger partial charge is 0.353 e. The highest BCUT2D eigenvalue weighted by Crippen LogP contribution is 2.25. The molecule has 3 heterocycles. The molecule has 2 saturated heterocycles. The van der Waals surface area contributed by atoms with Crippen LogP contribution in [0.5, 0.6) is 0 Å². The molecule has 0 aliphatic carbocycles. The summed E-state index contributed by atoms with van der Waals surface area (Å²) in [7, 11) is -3.46. The Morgan fingerprint density at radius 3 is 2.41 bits per heavy atom. The third kappa shape index (κ3) is 5.33. The van der Waals surface area contributed by atoms with E-state index in [4.69, 9.17) is 0 Å². The molecule has 8 nitrogen and oxygen atoms in total. The highest BCUT2D eigenvalue weighted by Gasteiger charge is 2.26. The Bertz CT molecular complexity index is 1020. The molecule has 0 unspecified atom stereocenters. The van der Waals surface area contributed by atoms with Gasteiger partial charge in [0, 0.05) is 69.5 Å². The van der Waals surface area contributed by atoms with Crippen molar-refractivity contribution >= 4 is 26.8 Å². The van der Waals surface area contributed by atoms with Crippen molar-refractivity contribution in [3.63, 3.8) is 0 Å². The molecule has 2 aliphatic rings. The molecule has 1 aromatic heterocycles. The van der Waals surface area contributed by atoms with Crippen LogP contribution in [0.2, 0.25) is 0 Å². The van der Waals surface area contributed by atoms with Crippen LogP contribution in [0.15, 0.2) is 35.4 Å². The number of hydrogen-bond donors (Lipinski definition) is 1. The predicted octanol–water partition coefficient (Wildman–Crippen LogP) is 1.57. The number of piperazine rings is 1. The van der Waals surface area contributed by atoms with Gasteiger partial charge in [0.2, 0.25) is 15.9 Å². The van der Waals surface area contributed by atoms with Gasteiger partial charge < -0.3 is 14.8 Å². The molecule has 2 aromatic rings. The molecule has 1 N–H and O–H groups in total. The molecular formula is C23H35N5O3S. The molecule has 0 radical (unpaired) electrons. The molecule has 0 spiro atoms. The zero-order valence-electron chi connectivity index (χ0n) is 19.0. The summed E-state index contributed by atoms with van der Waals surface area (Å²) in [4.78, 5) is 17.6. The lowest BCUT2D eigenvalue weighted by Crippen LogP contribution is -2.48. The van der Waals surface area contributed by atoms with Gasteiger partial charge in [-0.3, -0.25) is 9.69 Å². The van der Waals surface area contributed by atoms with Gasteiger partial charge in [-0.2, -0.15) is 4.31 Å². The number of carbonyl (C=O) groups is 1. The minimum atomic E-state index is -3.46. The van der Waals surface area contributed by atoms with Crippen molar-refractivity contribution < 1.29 is 13.2 Å².